The number of carbonyl (C=O) groups is 1. The second-order valence-corrected chi connectivity index (χ2v) is 6.54. The quantitative estimate of drug-likeness (QED) is 0.877. The number of ether oxygens (including phenoxy) is 1. The maximum Gasteiger partial charge on any atom is 0.227 e. The van der Waals surface area contributed by atoms with Gasteiger partial charge in [-0.15, -0.1) is 0 Å². The molecule has 1 heterocycles. The minimum atomic E-state index is -0.631. The molecule has 132 valence electrons. The van der Waals surface area contributed by atoms with Crippen molar-refractivity contribution in [2.45, 2.75) is 31.9 Å². The van der Waals surface area contributed by atoms with Crippen LogP contribution in [-0.2, 0) is 11.2 Å². The number of hydrogen-bond donors (Lipinski definition) is 2. The van der Waals surface area contributed by atoms with E-state index in [2.05, 4.69) is 5.32 Å². The molecule has 2 N–H and O–H groups in total. The SMILES string of the molecule is CC(CC(O)c1ccccc1)NC(=O)C1COc2ccc(F)cc2C1. The molecule has 5 heteroatoms. The molecule has 4 nitrogen and oxygen atoms in total. The fourth-order valence-corrected chi connectivity index (χ4v) is 3.10. The van der Waals surface area contributed by atoms with Crippen LogP contribution in [0.25, 0.3) is 0 Å². The smallest absolute Gasteiger partial charge is 0.227 e. The molecule has 3 rings (SSSR count). The Morgan fingerprint density at radius 1 is 1.32 bits per heavy atom. The van der Waals surface area contributed by atoms with Gasteiger partial charge in [-0.3, -0.25) is 4.79 Å². The number of halogens is 1. The Morgan fingerprint density at radius 2 is 2.08 bits per heavy atom. The van der Waals surface area contributed by atoms with Crippen LogP contribution in [0.4, 0.5) is 4.39 Å². The number of rotatable bonds is 5. The first-order chi connectivity index (χ1) is 12.0. The molecule has 0 saturated carbocycles. The number of hydrogen-bond acceptors (Lipinski definition) is 3. The maximum absolute atomic E-state index is 13.4. The van der Waals surface area contributed by atoms with Crippen LogP contribution in [0.1, 0.15) is 30.6 Å². The lowest BCUT2D eigenvalue weighted by Gasteiger charge is -2.26. The highest BCUT2D eigenvalue weighted by molar-refractivity contribution is 5.79. The zero-order valence-electron chi connectivity index (χ0n) is 14.1. The van der Waals surface area contributed by atoms with Crippen molar-refractivity contribution in [1.29, 1.82) is 0 Å². The summed E-state index contributed by atoms with van der Waals surface area (Å²) in [6.45, 7) is 2.14. The van der Waals surface area contributed by atoms with Gasteiger partial charge in [0.1, 0.15) is 18.2 Å². The summed E-state index contributed by atoms with van der Waals surface area (Å²) in [5, 5.41) is 13.2. The normalized spacial score (nSPS) is 18.6. The minimum absolute atomic E-state index is 0.136. The van der Waals surface area contributed by atoms with E-state index in [0.717, 1.165) is 5.56 Å². The number of benzene rings is 2. The first-order valence-electron chi connectivity index (χ1n) is 8.47. The van der Waals surface area contributed by atoms with Gasteiger partial charge in [0.25, 0.3) is 0 Å². The van der Waals surface area contributed by atoms with Crippen molar-refractivity contribution in [1.82, 2.24) is 5.32 Å². The number of nitrogens with one attached hydrogen (secondary N) is 1. The average molecular weight is 343 g/mol. The maximum atomic E-state index is 13.4. The summed E-state index contributed by atoms with van der Waals surface area (Å²) in [5.74, 6) is -0.186. The van der Waals surface area contributed by atoms with Gasteiger partial charge in [-0.05, 0) is 49.1 Å². The van der Waals surface area contributed by atoms with E-state index in [0.29, 0.717) is 24.2 Å². The molecule has 3 unspecified atom stereocenters. The van der Waals surface area contributed by atoms with E-state index in [1.807, 2.05) is 37.3 Å². The van der Waals surface area contributed by atoms with E-state index >= 15 is 0 Å². The first-order valence-corrected chi connectivity index (χ1v) is 8.47. The Bertz CT molecular complexity index is 735. The van der Waals surface area contributed by atoms with Crippen molar-refractivity contribution >= 4 is 5.91 Å². The van der Waals surface area contributed by atoms with Crippen LogP contribution in [0.3, 0.4) is 0 Å². The molecular weight excluding hydrogens is 321 g/mol. The highest BCUT2D eigenvalue weighted by Crippen LogP contribution is 2.28. The van der Waals surface area contributed by atoms with Gasteiger partial charge in [0.05, 0.1) is 12.0 Å². The molecule has 0 aromatic heterocycles. The monoisotopic (exact) mass is 343 g/mol. The molecule has 1 aliphatic rings. The molecule has 0 bridgehead atoms. The van der Waals surface area contributed by atoms with Crippen LogP contribution >= 0.6 is 0 Å². The topological polar surface area (TPSA) is 58.6 Å². The summed E-state index contributed by atoms with van der Waals surface area (Å²) in [7, 11) is 0. The molecule has 0 aliphatic carbocycles. The van der Waals surface area contributed by atoms with Gasteiger partial charge >= 0.3 is 0 Å². The van der Waals surface area contributed by atoms with Crippen LogP contribution in [0.5, 0.6) is 5.75 Å². The Morgan fingerprint density at radius 3 is 2.84 bits per heavy atom. The van der Waals surface area contributed by atoms with Crippen molar-refractivity contribution < 1.29 is 19.0 Å². The molecule has 1 aliphatic heterocycles. The van der Waals surface area contributed by atoms with Gasteiger partial charge in [-0.2, -0.15) is 0 Å². The van der Waals surface area contributed by atoms with Gasteiger partial charge in [0.15, 0.2) is 0 Å². The molecule has 25 heavy (non-hydrogen) atoms. The highest BCUT2D eigenvalue weighted by atomic mass is 19.1. The molecule has 0 radical (unpaired) electrons. The number of aliphatic hydroxyl groups excluding tert-OH is 1. The lowest BCUT2D eigenvalue weighted by Crippen LogP contribution is -2.42. The van der Waals surface area contributed by atoms with Gasteiger partial charge in [-0.25, -0.2) is 4.39 Å². The van der Waals surface area contributed by atoms with Gasteiger partial charge in [-0.1, -0.05) is 30.3 Å². The lowest BCUT2D eigenvalue weighted by molar-refractivity contribution is -0.127. The van der Waals surface area contributed by atoms with E-state index in [9.17, 15) is 14.3 Å². The van der Waals surface area contributed by atoms with Crippen molar-refractivity contribution in [3.05, 3.63) is 65.5 Å². The van der Waals surface area contributed by atoms with E-state index in [-0.39, 0.29) is 30.3 Å². The van der Waals surface area contributed by atoms with Gasteiger partial charge < -0.3 is 15.2 Å². The standard InChI is InChI=1S/C20H22FNO3/c1-13(9-18(23)14-5-3-2-4-6-14)22-20(24)16-10-15-11-17(21)7-8-19(15)25-12-16/h2-8,11,13,16,18,23H,9-10,12H2,1H3,(H,22,24). The third-order valence-corrected chi connectivity index (χ3v) is 4.45. The molecule has 3 atom stereocenters. The second kappa shape index (κ2) is 7.66. The minimum Gasteiger partial charge on any atom is -0.492 e. The van der Waals surface area contributed by atoms with E-state index in [1.54, 1.807) is 6.07 Å². The number of fused-ring (bicyclic) bond motifs is 1. The molecule has 0 fully saturated rings. The zero-order valence-corrected chi connectivity index (χ0v) is 14.1. The van der Waals surface area contributed by atoms with Crippen molar-refractivity contribution in [2.24, 2.45) is 5.92 Å². The Hall–Kier alpha value is -2.40. The Balaban J connectivity index is 1.55. The fourth-order valence-electron chi connectivity index (χ4n) is 3.10. The largest absolute Gasteiger partial charge is 0.492 e. The van der Waals surface area contributed by atoms with Crippen LogP contribution < -0.4 is 10.1 Å². The predicted octanol–water partition coefficient (Wildman–Crippen LogP) is 3.01. The van der Waals surface area contributed by atoms with Crippen LogP contribution in [-0.4, -0.2) is 23.7 Å². The summed E-state index contributed by atoms with van der Waals surface area (Å²) >= 11 is 0. The van der Waals surface area contributed by atoms with Crippen molar-refractivity contribution in [3.63, 3.8) is 0 Å². The zero-order chi connectivity index (χ0) is 17.8. The summed E-state index contributed by atoms with van der Waals surface area (Å²) in [6.07, 6.45) is 0.246. The molecular formula is C20H22FNO3. The van der Waals surface area contributed by atoms with E-state index < -0.39 is 6.10 Å². The molecule has 1 amide bonds. The van der Waals surface area contributed by atoms with Gasteiger partial charge in [0, 0.05) is 6.04 Å². The molecule has 2 aromatic rings. The van der Waals surface area contributed by atoms with Crippen LogP contribution in [0.15, 0.2) is 48.5 Å². The number of aliphatic hydroxyl groups is 1. The molecule has 0 spiro atoms. The summed E-state index contributed by atoms with van der Waals surface area (Å²) in [5.41, 5.74) is 1.54. The van der Waals surface area contributed by atoms with Gasteiger partial charge in [0.2, 0.25) is 5.91 Å². The molecule has 0 saturated heterocycles. The second-order valence-electron chi connectivity index (χ2n) is 6.54. The average Bonchev–Trinajstić information content (AvgIpc) is 2.61. The third-order valence-electron chi connectivity index (χ3n) is 4.45. The Kier molecular flexibility index (Phi) is 5.34. The number of carbonyl (C=O) groups excluding carboxylic acids is 1. The van der Waals surface area contributed by atoms with E-state index in [1.165, 1.54) is 12.1 Å². The third kappa shape index (κ3) is 4.37. The van der Waals surface area contributed by atoms with Crippen molar-refractivity contribution in [3.8, 4) is 5.75 Å². The highest BCUT2D eigenvalue weighted by Gasteiger charge is 2.27. The Labute approximate surface area is 146 Å². The molecule has 2 aromatic carbocycles. The van der Waals surface area contributed by atoms with E-state index in [4.69, 9.17) is 4.74 Å². The fraction of sp³-hybridized carbons (Fsp3) is 0.350. The summed E-state index contributed by atoms with van der Waals surface area (Å²) < 4.78 is 18.9. The summed E-state index contributed by atoms with van der Waals surface area (Å²) in [6, 6.07) is 13.5. The lowest BCUT2D eigenvalue weighted by atomic mass is 9.95. The first kappa shape index (κ1) is 17.4. The van der Waals surface area contributed by atoms with Crippen LogP contribution in [0, 0.1) is 11.7 Å². The van der Waals surface area contributed by atoms with Crippen molar-refractivity contribution in [2.75, 3.05) is 6.61 Å². The number of amides is 1. The predicted molar refractivity (Wildman–Crippen MR) is 92.7 cm³/mol. The van der Waals surface area contributed by atoms with Crippen LogP contribution in [0.2, 0.25) is 0 Å². The summed E-state index contributed by atoms with van der Waals surface area (Å²) in [4.78, 5) is 12.5.